The Balaban J connectivity index is 1.55. The first-order valence-corrected chi connectivity index (χ1v) is 8.92. The molecule has 0 unspecified atom stereocenters. The van der Waals surface area contributed by atoms with E-state index in [1.54, 1.807) is 12.1 Å². The van der Waals surface area contributed by atoms with Crippen molar-refractivity contribution in [3.05, 3.63) is 64.9 Å². The second kappa shape index (κ2) is 6.45. The molecular weight excluding hydrogens is 347 g/mol. The minimum Gasteiger partial charge on any atom is -0.309 e. The van der Waals surface area contributed by atoms with Gasteiger partial charge in [0, 0.05) is 35.1 Å². The number of aromatic nitrogens is 3. The molecule has 4 nitrogen and oxygen atoms in total. The van der Waals surface area contributed by atoms with E-state index in [4.69, 9.17) is 11.6 Å². The predicted molar refractivity (Wildman–Crippen MR) is 94.4 cm³/mol. The largest absolute Gasteiger partial charge is 0.309 e. The topological polar surface area (TPSA) is 34.0 Å². The summed E-state index contributed by atoms with van der Waals surface area (Å²) in [6.07, 6.45) is 0. The minimum atomic E-state index is -0.290. The van der Waals surface area contributed by atoms with Crippen molar-refractivity contribution in [2.45, 2.75) is 17.5 Å². The first kappa shape index (κ1) is 15.5. The van der Waals surface area contributed by atoms with Gasteiger partial charge < -0.3 is 4.90 Å². The van der Waals surface area contributed by atoms with Crippen LogP contribution in [0.1, 0.15) is 5.56 Å². The maximum Gasteiger partial charge on any atom is 0.232 e. The van der Waals surface area contributed by atoms with E-state index in [1.165, 1.54) is 17.8 Å². The van der Waals surface area contributed by atoms with E-state index in [0.29, 0.717) is 16.3 Å². The van der Waals surface area contributed by atoms with Gasteiger partial charge in [-0.3, -0.25) is 4.57 Å². The highest BCUT2D eigenvalue weighted by Gasteiger charge is 2.26. The lowest BCUT2D eigenvalue weighted by Crippen LogP contribution is -2.13. The number of hydrogen-bond acceptors (Lipinski definition) is 4. The number of rotatable bonds is 4. The van der Waals surface area contributed by atoms with Gasteiger partial charge in [0.1, 0.15) is 5.82 Å². The summed E-state index contributed by atoms with van der Waals surface area (Å²) in [5, 5.41) is 9.78. The summed E-state index contributed by atoms with van der Waals surface area (Å²) in [5.41, 5.74) is 1.59. The Labute approximate surface area is 148 Å². The van der Waals surface area contributed by atoms with Crippen LogP contribution in [0, 0.1) is 5.82 Å². The zero-order chi connectivity index (χ0) is 16.5. The van der Waals surface area contributed by atoms with Gasteiger partial charge in [-0.25, -0.2) is 4.39 Å². The van der Waals surface area contributed by atoms with Gasteiger partial charge in [-0.1, -0.05) is 47.6 Å². The maximum absolute atomic E-state index is 13.9. The van der Waals surface area contributed by atoms with Crippen LogP contribution in [0.15, 0.2) is 53.7 Å². The van der Waals surface area contributed by atoms with Crippen LogP contribution in [-0.2, 0) is 12.3 Å². The molecule has 0 saturated carbocycles. The standard InChI is InChI=1S/C17H14ClFN4S/c18-14-7-4-8-15(19)13(14)11-24-17-21-20-16-22(9-10-23(16)17)12-5-2-1-3-6-12/h1-8H,9-11H2. The van der Waals surface area contributed by atoms with E-state index < -0.39 is 0 Å². The summed E-state index contributed by atoms with van der Waals surface area (Å²) in [5.74, 6) is 0.958. The van der Waals surface area contributed by atoms with Gasteiger partial charge in [0.25, 0.3) is 0 Å². The molecule has 0 spiro atoms. The molecule has 2 heterocycles. The van der Waals surface area contributed by atoms with E-state index in [0.717, 1.165) is 29.9 Å². The van der Waals surface area contributed by atoms with Crippen LogP contribution in [0.2, 0.25) is 5.02 Å². The molecule has 24 heavy (non-hydrogen) atoms. The Morgan fingerprint density at radius 2 is 1.88 bits per heavy atom. The molecule has 2 aromatic carbocycles. The fourth-order valence-corrected chi connectivity index (χ4v) is 4.05. The van der Waals surface area contributed by atoms with Gasteiger partial charge in [0.15, 0.2) is 5.16 Å². The molecule has 0 fully saturated rings. The summed E-state index contributed by atoms with van der Waals surface area (Å²) in [4.78, 5) is 2.13. The van der Waals surface area contributed by atoms with E-state index in [2.05, 4.69) is 31.8 Å². The van der Waals surface area contributed by atoms with Crippen molar-refractivity contribution in [1.82, 2.24) is 14.8 Å². The summed E-state index contributed by atoms with van der Waals surface area (Å²) >= 11 is 7.54. The van der Waals surface area contributed by atoms with Crippen LogP contribution in [0.25, 0.3) is 0 Å². The van der Waals surface area contributed by atoms with Gasteiger partial charge in [-0.15, -0.1) is 10.2 Å². The number of benzene rings is 2. The Hall–Kier alpha value is -2.05. The third kappa shape index (κ3) is 2.76. The van der Waals surface area contributed by atoms with Crippen molar-refractivity contribution >= 4 is 35.0 Å². The lowest BCUT2D eigenvalue weighted by molar-refractivity contribution is 0.617. The molecule has 1 aromatic heterocycles. The molecule has 1 aliphatic rings. The summed E-state index contributed by atoms with van der Waals surface area (Å²) in [6.45, 7) is 1.66. The molecule has 3 aromatic rings. The highest BCUT2D eigenvalue weighted by atomic mass is 35.5. The Bertz CT molecular complexity index is 848. The lowest BCUT2D eigenvalue weighted by Gasteiger charge is -2.14. The first-order valence-electron chi connectivity index (χ1n) is 7.55. The quantitative estimate of drug-likeness (QED) is 0.641. The van der Waals surface area contributed by atoms with Crippen molar-refractivity contribution in [1.29, 1.82) is 0 Å². The predicted octanol–water partition coefficient (Wildman–Crippen LogP) is 4.51. The van der Waals surface area contributed by atoms with Gasteiger partial charge in [-0.05, 0) is 24.3 Å². The van der Waals surface area contributed by atoms with Crippen LogP contribution < -0.4 is 4.90 Å². The van der Waals surface area contributed by atoms with Gasteiger partial charge >= 0.3 is 0 Å². The highest BCUT2D eigenvalue weighted by Crippen LogP contribution is 2.34. The zero-order valence-corrected chi connectivity index (χ0v) is 14.3. The van der Waals surface area contributed by atoms with E-state index >= 15 is 0 Å². The number of fused-ring (bicyclic) bond motifs is 1. The average molecular weight is 361 g/mol. The Kier molecular flexibility index (Phi) is 4.16. The fraction of sp³-hybridized carbons (Fsp3) is 0.176. The molecule has 7 heteroatoms. The minimum absolute atomic E-state index is 0.290. The number of para-hydroxylation sites is 1. The summed E-state index contributed by atoms with van der Waals surface area (Å²) in [7, 11) is 0. The Morgan fingerprint density at radius 1 is 1.04 bits per heavy atom. The molecule has 0 radical (unpaired) electrons. The molecule has 0 bridgehead atoms. The smallest absolute Gasteiger partial charge is 0.232 e. The molecule has 1 aliphatic heterocycles. The van der Waals surface area contributed by atoms with Crippen molar-refractivity contribution in [3.63, 3.8) is 0 Å². The second-order valence-electron chi connectivity index (χ2n) is 5.41. The molecule has 0 amide bonds. The van der Waals surface area contributed by atoms with Gasteiger partial charge in [-0.2, -0.15) is 0 Å². The number of hydrogen-bond donors (Lipinski definition) is 0. The van der Waals surface area contributed by atoms with E-state index in [1.807, 2.05) is 18.2 Å². The summed E-state index contributed by atoms with van der Waals surface area (Å²) < 4.78 is 15.9. The number of thioether (sulfide) groups is 1. The third-order valence-electron chi connectivity index (χ3n) is 3.96. The summed E-state index contributed by atoms with van der Waals surface area (Å²) in [6, 6.07) is 14.8. The average Bonchev–Trinajstić information content (AvgIpc) is 3.18. The molecule has 0 aliphatic carbocycles. The Morgan fingerprint density at radius 3 is 2.67 bits per heavy atom. The second-order valence-corrected chi connectivity index (χ2v) is 6.76. The van der Waals surface area contributed by atoms with Crippen molar-refractivity contribution in [3.8, 4) is 0 Å². The van der Waals surface area contributed by atoms with Crippen molar-refractivity contribution in [2.75, 3.05) is 11.4 Å². The number of nitrogens with zero attached hydrogens (tertiary/aromatic N) is 4. The highest BCUT2D eigenvalue weighted by molar-refractivity contribution is 7.98. The number of halogens is 2. The maximum atomic E-state index is 13.9. The van der Waals surface area contributed by atoms with Crippen LogP contribution in [0.3, 0.4) is 0 Å². The molecule has 4 rings (SSSR count). The SMILES string of the molecule is Fc1cccc(Cl)c1CSc1nnc2n1CCN2c1ccccc1. The number of anilines is 2. The molecule has 0 N–H and O–H groups in total. The third-order valence-corrected chi connectivity index (χ3v) is 5.31. The van der Waals surface area contributed by atoms with Crippen molar-refractivity contribution in [2.24, 2.45) is 0 Å². The normalized spacial score (nSPS) is 13.3. The fourth-order valence-electron chi connectivity index (χ4n) is 2.74. The van der Waals surface area contributed by atoms with E-state index in [9.17, 15) is 4.39 Å². The monoisotopic (exact) mass is 360 g/mol. The van der Waals surface area contributed by atoms with Crippen LogP contribution in [0.4, 0.5) is 16.0 Å². The van der Waals surface area contributed by atoms with E-state index in [-0.39, 0.29) is 5.82 Å². The van der Waals surface area contributed by atoms with Gasteiger partial charge in [0.2, 0.25) is 5.95 Å². The van der Waals surface area contributed by atoms with Crippen molar-refractivity contribution < 1.29 is 4.39 Å². The van der Waals surface area contributed by atoms with Gasteiger partial charge in [0.05, 0.1) is 0 Å². The molecule has 0 saturated heterocycles. The molecule has 0 atom stereocenters. The zero-order valence-electron chi connectivity index (χ0n) is 12.7. The van der Waals surface area contributed by atoms with Crippen LogP contribution in [0.5, 0.6) is 0 Å². The molecule has 122 valence electrons. The molecular formula is C17H14ClFN4S. The first-order chi connectivity index (χ1) is 11.7. The van der Waals surface area contributed by atoms with Crippen LogP contribution in [-0.4, -0.2) is 21.3 Å². The lowest BCUT2D eigenvalue weighted by atomic mass is 10.2. The van der Waals surface area contributed by atoms with Crippen LogP contribution >= 0.6 is 23.4 Å².